The summed E-state index contributed by atoms with van der Waals surface area (Å²) < 4.78 is 0. The van der Waals surface area contributed by atoms with Gasteiger partial charge in [0.05, 0.1) is 11.3 Å². The van der Waals surface area contributed by atoms with Crippen molar-refractivity contribution >= 4 is 5.69 Å². The lowest BCUT2D eigenvalue weighted by molar-refractivity contribution is 0.468. The van der Waals surface area contributed by atoms with Crippen molar-refractivity contribution in [2.45, 2.75) is 13.3 Å². The van der Waals surface area contributed by atoms with Crippen molar-refractivity contribution in [3.8, 4) is 6.07 Å². The molecule has 0 aromatic heterocycles. The Kier molecular flexibility index (Phi) is 4.00. The third kappa shape index (κ3) is 2.98. The lowest BCUT2D eigenvalue weighted by atomic mass is 10.1. The van der Waals surface area contributed by atoms with E-state index < -0.39 is 0 Å². The maximum absolute atomic E-state index is 9.15. The van der Waals surface area contributed by atoms with Crippen LogP contribution in [-0.4, -0.2) is 26.2 Å². The van der Waals surface area contributed by atoms with Gasteiger partial charge in [0.1, 0.15) is 6.07 Å². The summed E-state index contributed by atoms with van der Waals surface area (Å²) in [5, 5.41) is 12.6. The van der Waals surface area contributed by atoms with Gasteiger partial charge in [-0.1, -0.05) is 19.1 Å². The Morgan fingerprint density at radius 2 is 2.24 bits per heavy atom. The SMILES string of the molecule is CC1CNCCCN(c2ccccc2C#N)C1. The normalized spacial score (nSPS) is 21.4. The first kappa shape index (κ1) is 11.9. The van der Waals surface area contributed by atoms with Gasteiger partial charge in [0.2, 0.25) is 0 Å². The van der Waals surface area contributed by atoms with E-state index in [0.717, 1.165) is 43.9 Å². The third-order valence-corrected chi connectivity index (χ3v) is 3.17. The Balaban J connectivity index is 2.21. The third-order valence-electron chi connectivity index (χ3n) is 3.17. The molecule has 90 valence electrons. The first-order chi connectivity index (χ1) is 8.31. The molecule has 1 heterocycles. The molecule has 17 heavy (non-hydrogen) atoms. The van der Waals surface area contributed by atoms with E-state index in [9.17, 15) is 0 Å². The van der Waals surface area contributed by atoms with Crippen LogP contribution in [0.2, 0.25) is 0 Å². The van der Waals surface area contributed by atoms with Crippen molar-refractivity contribution in [3.63, 3.8) is 0 Å². The summed E-state index contributed by atoms with van der Waals surface area (Å²) in [6, 6.07) is 10.2. The number of rotatable bonds is 1. The fourth-order valence-corrected chi connectivity index (χ4v) is 2.34. The summed E-state index contributed by atoms with van der Waals surface area (Å²) in [5.41, 5.74) is 1.87. The predicted molar refractivity (Wildman–Crippen MR) is 70.0 cm³/mol. The van der Waals surface area contributed by atoms with Crippen molar-refractivity contribution < 1.29 is 0 Å². The van der Waals surface area contributed by atoms with E-state index in [-0.39, 0.29) is 0 Å². The average Bonchev–Trinajstić information content (AvgIpc) is 2.33. The molecule has 1 N–H and O–H groups in total. The Bertz CT molecular complexity index is 408. The van der Waals surface area contributed by atoms with E-state index in [1.54, 1.807) is 0 Å². The second-order valence-electron chi connectivity index (χ2n) is 4.74. The predicted octanol–water partition coefficient (Wildman–Crippen LogP) is 1.99. The molecule has 0 spiro atoms. The molecule has 1 aromatic carbocycles. The molecule has 1 fully saturated rings. The van der Waals surface area contributed by atoms with Crippen LogP contribution in [0.1, 0.15) is 18.9 Å². The van der Waals surface area contributed by atoms with Gasteiger partial charge in [-0.05, 0) is 37.6 Å². The topological polar surface area (TPSA) is 39.1 Å². The van der Waals surface area contributed by atoms with E-state index in [1.807, 2.05) is 18.2 Å². The second kappa shape index (κ2) is 5.70. The van der Waals surface area contributed by atoms with Crippen LogP contribution >= 0.6 is 0 Å². The Morgan fingerprint density at radius 3 is 3.06 bits per heavy atom. The standard InChI is InChI=1S/C14H19N3/c1-12-10-16-7-4-8-17(11-12)14-6-3-2-5-13(14)9-15/h2-3,5-6,12,16H,4,7-8,10-11H2,1H3. The highest BCUT2D eigenvalue weighted by molar-refractivity contribution is 5.59. The van der Waals surface area contributed by atoms with Crippen molar-refractivity contribution in [1.29, 1.82) is 5.26 Å². The molecule has 1 aliphatic rings. The van der Waals surface area contributed by atoms with E-state index in [4.69, 9.17) is 5.26 Å². The zero-order valence-electron chi connectivity index (χ0n) is 10.3. The van der Waals surface area contributed by atoms with Crippen molar-refractivity contribution in [1.82, 2.24) is 5.32 Å². The first-order valence-corrected chi connectivity index (χ1v) is 6.26. The highest BCUT2D eigenvalue weighted by atomic mass is 15.1. The number of nitrogens with one attached hydrogen (secondary N) is 1. The van der Waals surface area contributed by atoms with Gasteiger partial charge in [-0.15, -0.1) is 0 Å². The molecule has 2 rings (SSSR count). The van der Waals surface area contributed by atoms with Crippen LogP contribution in [-0.2, 0) is 0 Å². The maximum atomic E-state index is 9.15. The highest BCUT2D eigenvalue weighted by Crippen LogP contribution is 2.21. The van der Waals surface area contributed by atoms with Gasteiger partial charge in [-0.2, -0.15) is 5.26 Å². The van der Waals surface area contributed by atoms with Gasteiger partial charge < -0.3 is 10.2 Å². The fourth-order valence-electron chi connectivity index (χ4n) is 2.34. The monoisotopic (exact) mass is 229 g/mol. The zero-order chi connectivity index (χ0) is 12.1. The number of hydrogen-bond donors (Lipinski definition) is 1. The molecule has 0 amide bonds. The summed E-state index contributed by atoms with van der Waals surface area (Å²) in [7, 11) is 0. The highest BCUT2D eigenvalue weighted by Gasteiger charge is 2.15. The Hall–Kier alpha value is -1.53. The average molecular weight is 229 g/mol. The van der Waals surface area contributed by atoms with Crippen LogP contribution in [0.25, 0.3) is 0 Å². The Labute approximate surface area is 103 Å². The van der Waals surface area contributed by atoms with Gasteiger partial charge in [0.25, 0.3) is 0 Å². The number of benzene rings is 1. The number of nitrogens with zero attached hydrogens (tertiary/aromatic N) is 2. The number of hydrogen-bond acceptors (Lipinski definition) is 3. The molecule has 1 saturated heterocycles. The van der Waals surface area contributed by atoms with Crippen LogP contribution in [0.3, 0.4) is 0 Å². The summed E-state index contributed by atoms with van der Waals surface area (Å²) in [4.78, 5) is 2.35. The zero-order valence-corrected chi connectivity index (χ0v) is 10.3. The van der Waals surface area contributed by atoms with Gasteiger partial charge in [-0.3, -0.25) is 0 Å². The van der Waals surface area contributed by atoms with Crippen LogP contribution in [0.4, 0.5) is 5.69 Å². The number of nitriles is 1. The van der Waals surface area contributed by atoms with Crippen LogP contribution < -0.4 is 10.2 Å². The molecule has 1 unspecified atom stereocenters. The fraction of sp³-hybridized carbons (Fsp3) is 0.500. The smallest absolute Gasteiger partial charge is 0.101 e. The molecular weight excluding hydrogens is 210 g/mol. The first-order valence-electron chi connectivity index (χ1n) is 6.26. The number of para-hydroxylation sites is 1. The molecule has 3 nitrogen and oxygen atoms in total. The van der Waals surface area contributed by atoms with E-state index >= 15 is 0 Å². The number of anilines is 1. The summed E-state index contributed by atoms with van der Waals surface area (Å²) in [6.45, 7) is 6.42. The Morgan fingerprint density at radius 1 is 1.41 bits per heavy atom. The molecule has 0 bridgehead atoms. The van der Waals surface area contributed by atoms with Crippen LogP contribution in [0.5, 0.6) is 0 Å². The van der Waals surface area contributed by atoms with Crippen LogP contribution in [0.15, 0.2) is 24.3 Å². The second-order valence-corrected chi connectivity index (χ2v) is 4.74. The van der Waals surface area contributed by atoms with Crippen LogP contribution in [0, 0.1) is 17.2 Å². The molecule has 0 aliphatic carbocycles. The van der Waals surface area contributed by atoms with Crippen molar-refractivity contribution in [3.05, 3.63) is 29.8 Å². The molecule has 1 aliphatic heterocycles. The molecule has 1 aromatic rings. The molecule has 3 heteroatoms. The quantitative estimate of drug-likeness (QED) is 0.800. The minimum Gasteiger partial charge on any atom is -0.370 e. The lowest BCUT2D eigenvalue weighted by Gasteiger charge is -2.31. The molecule has 1 atom stereocenters. The summed E-state index contributed by atoms with van der Waals surface area (Å²) in [6.07, 6.45) is 1.13. The minimum atomic E-state index is 0.613. The van der Waals surface area contributed by atoms with Crippen molar-refractivity contribution in [2.24, 2.45) is 5.92 Å². The summed E-state index contributed by atoms with van der Waals surface area (Å²) in [5.74, 6) is 0.613. The van der Waals surface area contributed by atoms with Gasteiger partial charge in [-0.25, -0.2) is 0 Å². The van der Waals surface area contributed by atoms with Crippen molar-refractivity contribution in [2.75, 3.05) is 31.1 Å². The maximum Gasteiger partial charge on any atom is 0.101 e. The molecular formula is C14H19N3. The van der Waals surface area contributed by atoms with E-state index in [1.165, 1.54) is 0 Å². The van der Waals surface area contributed by atoms with Gasteiger partial charge in [0.15, 0.2) is 0 Å². The van der Waals surface area contributed by atoms with E-state index in [0.29, 0.717) is 5.92 Å². The van der Waals surface area contributed by atoms with Gasteiger partial charge >= 0.3 is 0 Å². The van der Waals surface area contributed by atoms with Gasteiger partial charge in [0, 0.05) is 13.1 Å². The minimum absolute atomic E-state index is 0.613. The summed E-state index contributed by atoms with van der Waals surface area (Å²) >= 11 is 0. The largest absolute Gasteiger partial charge is 0.370 e. The molecule has 0 radical (unpaired) electrons. The lowest BCUT2D eigenvalue weighted by Crippen LogP contribution is -2.39. The van der Waals surface area contributed by atoms with E-state index in [2.05, 4.69) is 29.3 Å². The molecule has 0 saturated carbocycles.